The molecular formula is C22H17ClFNO2. The van der Waals surface area contributed by atoms with Crippen molar-refractivity contribution in [3.05, 3.63) is 88.2 Å². The smallest absolute Gasteiger partial charge is 0.249 e. The zero-order valence-electron chi connectivity index (χ0n) is 14.6. The van der Waals surface area contributed by atoms with Gasteiger partial charge in [-0.25, -0.2) is 4.39 Å². The second kappa shape index (κ2) is 6.39. The Morgan fingerprint density at radius 2 is 1.81 bits per heavy atom. The number of halogens is 2. The summed E-state index contributed by atoms with van der Waals surface area (Å²) in [6.07, 6.45) is 0.495. The van der Waals surface area contributed by atoms with Crippen LogP contribution in [0.1, 0.15) is 28.4 Å². The molecule has 1 amide bonds. The minimum Gasteiger partial charge on any atom is -0.482 e. The summed E-state index contributed by atoms with van der Waals surface area (Å²) in [5, 5.41) is 0.349. The lowest BCUT2D eigenvalue weighted by Gasteiger charge is -2.24. The van der Waals surface area contributed by atoms with Crippen molar-refractivity contribution in [1.82, 2.24) is 0 Å². The van der Waals surface area contributed by atoms with E-state index < -0.39 is 17.3 Å². The third-order valence-electron chi connectivity index (χ3n) is 4.98. The Kier molecular flexibility index (Phi) is 4.16. The molecule has 27 heavy (non-hydrogen) atoms. The maximum Gasteiger partial charge on any atom is 0.249 e. The highest BCUT2D eigenvalue weighted by atomic mass is 35.5. The van der Waals surface area contributed by atoms with Crippen LogP contribution in [0.4, 0.5) is 4.39 Å². The van der Waals surface area contributed by atoms with Crippen LogP contribution in [0, 0.1) is 5.82 Å². The first-order chi connectivity index (χ1) is 12.9. The van der Waals surface area contributed by atoms with Gasteiger partial charge in [0.05, 0.1) is 0 Å². The van der Waals surface area contributed by atoms with Crippen LogP contribution in [0.25, 0.3) is 11.1 Å². The second-order valence-electron chi connectivity index (χ2n) is 6.80. The Bertz CT molecular complexity index is 1050. The van der Waals surface area contributed by atoms with Gasteiger partial charge in [-0.15, -0.1) is 0 Å². The van der Waals surface area contributed by atoms with Crippen LogP contribution in [0.5, 0.6) is 5.75 Å². The van der Waals surface area contributed by atoms with Crippen LogP contribution in [-0.2, 0) is 12.0 Å². The van der Waals surface area contributed by atoms with E-state index in [0.29, 0.717) is 22.8 Å². The number of benzene rings is 3. The number of primary amides is 1. The van der Waals surface area contributed by atoms with Crippen molar-refractivity contribution in [1.29, 1.82) is 0 Å². The summed E-state index contributed by atoms with van der Waals surface area (Å²) in [4.78, 5) is 11.9. The van der Waals surface area contributed by atoms with Gasteiger partial charge in [-0.3, -0.25) is 4.79 Å². The average Bonchev–Trinajstić information content (AvgIpc) is 3.00. The number of nitrogens with two attached hydrogens (primary N) is 1. The van der Waals surface area contributed by atoms with Gasteiger partial charge in [-0.05, 0) is 36.8 Å². The van der Waals surface area contributed by atoms with Gasteiger partial charge < -0.3 is 10.5 Å². The first kappa shape index (κ1) is 17.6. The molecule has 0 saturated carbocycles. The lowest BCUT2D eigenvalue weighted by molar-refractivity contribution is 0.100. The number of fused-ring (bicyclic) bond motifs is 1. The molecule has 136 valence electrons. The van der Waals surface area contributed by atoms with Gasteiger partial charge in [0.1, 0.15) is 17.2 Å². The van der Waals surface area contributed by atoms with E-state index in [4.69, 9.17) is 22.1 Å². The minimum absolute atomic E-state index is 0.0959. The Labute approximate surface area is 161 Å². The lowest BCUT2D eigenvalue weighted by Crippen LogP contribution is -2.26. The molecule has 0 aromatic heterocycles. The molecular weight excluding hydrogens is 365 g/mol. The third kappa shape index (κ3) is 2.86. The monoisotopic (exact) mass is 381 g/mol. The second-order valence-corrected chi connectivity index (χ2v) is 7.21. The molecule has 0 spiro atoms. The zero-order chi connectivity index (χ0) is 19.2. The van der Waals surface area contributed by atoms with Crippen molar-refractivity contribution in [2.75, 3.05) is 0 Å². The average molecular weight is 382 g/mol. The molecule has 1 unspecified atom stereocenters. The molecule has 1 heterocycles. The van der Waals surface area contributed by atoms with Crippen LogP contribution in [0.15, 0.2) is 60.7 Å². The molecule has 0 aliphatic carbocycles. The summed E-state index contributed by atoms with van der Waals surface area (Å²) in [7, 11) is 0. The van der Waals surface area contributed by atoms with Crippen LogP contribution >= 0.6 is 11.6 Å². The molecule has 1 atom stereocenters. The number of hydrogen-bond acceptors (Lipinski definition) is 2. The molecule has 0 radical (unpaired) electrons. The lowest BCUT2D eigenvalue weighted by atomic mass is 9.87. The van der Waals surface area contributed by atoms with E-state index in [-0.39, 0.29) is 11.1 Å². The molecule has 0 bridgehead atoms. The minimum atomic E-state index is -0.706. The van der Waals surface area contributed by atoms with E-state index in [1.165, 1.54) is 18.2 Å². The molecule has 1 aliphatic rings. The Morgan fingerprint density at radius 3 is 2.52 bits per heavy atom. The largest absolute Gasteiger partial charge is 0.482 e. The SMILES string of the molecule is CC1(c2ccccc2)Cc2c(ccc(Cl)c2-c2c(F)cccc2C(N)=O)O1. The standard InChI is InChI=1S/C22H17ClFNO2/c1-22(13-6-3-2-4-7-13)12-15-18(27-22)11-10-16(23)19(15)20-14(21(25)26)8-5-9-17(20)24/h2-11H,12H2,1H3,(H2,25,26). The fraction of sp³-hybridized carbons (Fsp3) is 0.136. The third-order valence-corrected chi connectivity index (χ3v) is 5.30. The van der Waals surface area contributed by atoms with E-state index >= 15 is 0 Å². The summed E-state index contributed by atoms with van der Waals surface area (Å²) in [5.41, 5.74) is 7.32. The van der Waals surface area contributed by atoms with Gasteiger partial charge in [-0.1, -0.05) is 48.0 Å². The molecule has 1 aliphatic heterocycles. The maximum atomic E-state index is 14.8. The Morgan fingerprint density at radius 1 is 1.07 bits per heavy atom. The Balaban J connectivity index is 1.92. The molecule has 4 rings (SSSR count). The topological polar surface area (TPSA) is 52.3 Å². The van der Waals surface area contributed by atoms with Crippen LogP contribution < -0.4 is 10.5 Å². The van der Waals surface area contributed by atoms with Crippen molar-refractivity contribution < 1.29 is 13.9 Å². The highest BCUT2D eigenvalue weighted by molar-refractivity contribution is 6.34. The summed E-state index contributed by atoms with van der Waals surface area (Å²) in [6.45, 7) is 1.98. The highest BCUT2D eigenvalue weighted by Gasteiger charge is 2.39. The number of carbonyl (C=O) groups is 1. The number of hydrogen-bond donors (Lipinski definition) is 1. The molecule has 3 aromatic carbocycles. The molecule has 2 N–H and O–H groups in total. The summed E-state index contributed by atoms with van der Waals surface area (Å²) in [6, 6.07) is 17.5. The molecule has 3 nitrogen and oxygen atoms in total. The van der Waals surface area contributed by atoms with Gasteiger partial charge in [0, 0.05) is 33.7 Å². The number of carbonyl (C=O) groups excluding carboxylic acids is 1. The fourth-order valence-corrected chi connectivity index (χ4v) is 3.96. The predicted molar refractivity (Wildman–Crippen MR) is 103 cm³/mol. The van der Waals surface area contributed by atoms with Crippen LogP contribution in [-0.4, -0.2) is 5.91 Å². The van der Waals surface area contributed by atoms with Gasteiger partial charge in [0.25, 0.3) is 0 Å². The van der Waals surface area contributed by atoms with Gasteiger partial charge >= 0.3 is 0 Å². The summed E-state index contributed by atoms with van der Waals surface area (Å²) in [5.74, 6) is -0.628. The fourth-order valence-electron chi connectivity index (χ4n) is 3.69. The summed E-state index contributed by atoms with van der Waals surface area (Å²) < 4.78 is 21.0. The summed E-state index contributed by atoms with van der Waals surface area (Å²) >= 11 is 6.46. The van der Waals surface area contributed by atoms with Crippen molar-refractivity contribution in [3.8, 4) is 16.9 Å². The van der Waals surface area contributed by atoms with Crippen molar-refractivity contribution in [3.63, 3.8) is 0 Å². The van der Waals surface area contributed by atoms with Crippen molar-refractivity contribution >= 4 is 17.5 Å². The van der Waals surface area contributed by atoms with E-state index in [1.807, 2.05) is 37.3 Å². The van der Waals surface area contributed by atoms with Gasteiger partial charge in [-0.2, -0.15) is 0 Å². The van der Waals surface area contributed by atoms with E-state index in [9.17, 15) is 9.18 Å². The maximum absolute atomic E-state index is 14.8. The molecule has 5 heteroatoms. The van der Waals surface area contributed by atoms with Crippen molar-refractivity contribution in [2.45, 2.75) is 18.9 Å². The van der Waals surface area contributed by atoms with E-state index in [1.54, 1.807) is 12.1 Å². The Hall–Kier alpha value is -2.85. The normalized spacial score (nSPS) is 18.0. The molecule has 0 saturated heterocycles. The van der Waals surface area contributed by atoms with Crippen LogP contribution in [0.3, 0.4) is 0 Å². The quantitative estimate of drug-likeness (QED) is 0.686. The number of amides is 1. The van der Waals surface area contributed by atoms with Crippen LogP contribution in [0.2, 0.25) is 5.02 Å². The first-order valence-electron chi connectivity index (χ1n) is 8.55. The number of ether oxygens (including phenoxy) is 1. The molecule has 0 fully saturated rings. The molecule has 3 aromatic rings. The van der Waals surface area contributed by atoms with E-state index in [2.05, 4.69) is 0 Å². The van der Waals surface area contributed by atoms with E-state index in [0.717, 1.165) is 11.1 Å². The first-order valence-corrected chi connectivity index (χ1v) is 8.93. The highest BCUT2D eigenvalue weighted by Crippen LogP contribution is 2.48. The number of rotatable bonds is 3. The predicted octanol–water partition coefficient (Wildman–Crippen LogP) is 5.10. The van der Waals surface area contributed by atoms with Gasteiger partial charge in [0.15, 0.2) is 0 Å². The van der Waals surface area contributed by atoms with Crippen molar-refractivity contribution in [2.24, 2.45) is 5.73 Å². The zero-order valence-corrected chi connectivity index (χ0v) is 15.4. The van der Waals surface area contributed by atoms with Gasteiger partial charge in [0.2, 0.25) is 5.91 Å².